The van der Waals surface area contributed by atoms with E-state index in [-0.39, 0.29) is 31.4 Å². The lowest BCUT2D eigenvalue weighted by Gasteiger charge is -2.40. The minimum absolute atomic E-state index is 0.0303. The maximum absolute atomic E-state index is 13.0. The van der Waals surface area contributed by atoms with Crippen molar-refractivity contribution in [3.63, 3.8) is 0 Å². The fraction of sp³-hybridized carbons (Fsp3) is 0.571. The van der Waals surface area contributed by atoms with E-state index < -0.39 is 17.3 Å². The van der Waals surface area contributed by atoms with Crippen molar-refractivity contribution in [2.45, 2.75) is 32.7 Å². The van der Waals surface area contributed by atoms with Crippen LogP contribution in [-0.2, 0) is 25.7 Å². The molecule has 0 aliphatic carbocycles. The van der Waals surface area contributed by atoms with Crippen LogP contribution >= 0.6 is 0 Å². The Kier molecular flexibility index (Phi) is 6.03. The molecule has 0 aromatic heterocycles. The summed E-state index contributed by atoms with van der Waals surface area (Å²) in [5, 5.41) is 9.67. The van der Waals surface area contributed by atoms with E-state index >= 15 is 0 Å². The zero-order valence-corrected chi connectivity index (χ0v) is 16.5. The first-order valence-electron chi connectivity index (χ1n) is 9.69. The molecular weight excluding hydrogens is 360 g/mol. The van der Waals surface area contributed by atoms with Gasteiger partial charge in [0.25, 0.3) is 0 Å². The molecule has 2 amide bonds. The van der Waals surface area contributed by atoms with Gasteiger partial charge in [-0.15, -0.1) is 0 Å². The summed E-state index contributed by atoms with van der Waals surface area (Å²) < 4.78 is 5.13. The van der Waals surface area contributed by atoms with Crippen molar-refractivity contribution < 1.29 is 24.2 Å². The number of aryl methyl sites for hydroxylation is 1. The minimum Gasteiger partial charge on any atom is -0.481 e. The van der Waals surface area contributed by atoms with E-state index in [1.165, 1.54) is 7.11 Å². The van der Waals surface area contributed by atoms with Gasteiger partial charge in [-0.3, -0.25) is 14.4 Å². The van der Waals surface area contributed by atoms with Gasteiger partial charge < -0.3 is 19.6 Å². The highest BCUT2D eigenvalue weighted by atomic mass is 16.5. The summed E-state index contributed by atoms with van der Waals surface area (Å²) in [5.41, 5.74) is 1.13. The summed E-state index contributed by atoms with van der Waals surface area (Å²) in [6, 6.07) is 8.00. The topological polar surface area (TPSA) is 87.1 Å². The second kappa shape index (κ2) is 8.31. The standard InChI is InChI=1S/C21H28N2O5/c1-15-4-6-16(7-5-15)11-23-12-17(10-18(23)24)19(25)22-9-3-8-21(13-22,14-28-2)20(26)27/h4-7,17H,3,8-14H2,1-2H3,(H,26,27). The van der Waals surface area contributed by atoms with E-state index in [0.717, 1.165) is 11.1 Å². The molecule has 2 aliphatic rings. The molecule has 2 atom stereocenters. The van der Waals surface area contributed by atoms with Crippen molar-refractivity contribution >= 4 is 17.8 Å². The monoisotopic (exact) mass is 388 g/mol. The second-order valence-electron chi connectivity index (χ2n) is 8.04. The Morgan fingerprint density at radius 3 is 2.64 bits per heavy atom. The van der Waals surface area contributed by atoms with Gasteiger partial charge in [-0.05, 0) is 25.3 Å². The first-order chi connectivity index (χ1) is 13.3. The molecule has 2 unspecified atom stereocenters. The molecule has 2 heterocycles. The van der Waals surface area contributed by atoms with Crippen molar-refractivity contribution in [1.29, 1.82) is 0 Å². The van der Waals surface area contributed by atoms with Gasteiger partial charge in [-0.2, -0.15) is 0 Å². The number of carboxylic acids is 1. The fourth-order valence-corrected chi connectivity index (χ4v) is 4.21. The average Bonchev–Trinajstić information content (AvgIpc) is 3.04. The second-order valence-corrected chi connectivity index (χ2v) is 8.04. The Labute approximate surface area is 165 Å². The number of aliphatic carboxylic acids is 1. The van der Waals surface area contributed by atoms with Gasteiger partial charge in [0.1, 0.15) is 5.41 Å². The fourth-order valence-electron chi connectivity index (χ4n) is 4.21. The molecule has 28 heavy (non-hydrogen) atoms. The predicted molar refractivity (Wildman–Crippen MR) is 102 cm³/mol. The lowest BCUT2D eigenvalue weighted by Crippen LogP contribution is -2.53. The highest BCUT2D eigenvalue weighted by molar-refractivity contribution is 5.89. The average molecular weight is 388 g/mol. The highest BCUT2D eigenvalue weighted by Gasteiger charge is 2.46. The third kappa shape index (κ3) is 4.19. The Morgan fingerprint density at radius 1 is 1.29 bits per heavy atom. The normalized spacial score (nSPS) is 25.2. The maximum Gasteiger partial charge on any atom is 0.313 e. The molecule has 1 aromatic rings. The van der Waals surface area contributed by atoms with Gasteiger partial charge in [0, 0.05) is 39.7 Å². The number of benzene rings is 1. The molecular formula is C21H28N2O5. The first-order valence-corrected chi connectivity index (χ1v) is 9.69. The molecule has 7 nitrogen and oxygen atoms in total. The van der Waals surface area contributed by atoms with Crippen molar-refractivity contribution in [2.75, 3.05) is 33.4 Å². The number of amides is 2. The SMILES string of the molecule is COCC1(C(=O)O)CCCN(C(=O)C2CC(=O)N(Cc3ccc(C)cc3)C2)C1. The number of carbonyl (C=O) groups is 3. The summed E-state index contributed by atoms with van der Waals surface area (Å²) in [6.45, 7) is 3.63. The third-order valence-corrected chi connectivity index (χ3v) is 5.82. The van der Waals surface area contributed by atoms with E-state index in [0.29, 0.717) is 32.5 Å². The Morgan fingerprint density at radius 2 is 2.00 bits per heavy atom. The summed E-state index contributed by atoms with van der Waals surface area (Å²) in [6.07, 6.45) is 1.30. The van der Waals surface area contributed by atoms with E-state index in [1.54, 1.807) is 9.80 Å². The van der Waals surface area contributed by atoms with E-state index in [4.69, 9.17) is 4.74 Å². The number of likely N-dealkylation sites (tertiary alicyclic amines) is 2. The van der Waals surface area contributed by atoms with Gasteiger partial charge >= 0.3 is 5.97 Å². The highest BCUT2D eigenvalue weighted by Crippen LogP contribution is 2.33. The molecule has 152 valence electrons. The number of carbonyl (C=O) groups excluding carboxylic acids is 2. The zero-order valence-electron chi connectivity index (χ0n) is 16.5. The van der Waals surface area contributed by atoms with Crippen molar-refractivity contribution in [3.8, 4) is 0 Å². The number of carboxylic acid groups (broad SMARTS) is 1. The Balaban J connectivity index is 1.65. The van der Waals surface area contributed by atoms with Crippen LogP contribution in [0.5, 0.6) is 0 Å². The molecule has 3 rings (SSSR count). The Hall–Kier alpha value is -2.41. The van der Waals surface area contributed by atoms with Crippen LogP contribution in [-0.4, -0.2) is 66.0 Å². The molecule has 2 aliphatic heterocycles. The Bertz CT molecular complexity index is 744. The number of piperidine rings is 1. The largest absolute Gasteiger partial charge is 0.481 e. The van der Waals surface area contributed by atoms with Crippen LogP contribution < -0.4 is 0 Å². The van der Waals surface area contributed by atoms with Gasteiger partial charge in [-0.25, -0.2) is 0 Å². The van der Waals surface area contributed by atoms with Crippen LogP contribution in [0, 0.1) is 18.3 Å². The van der Waals surface area contributed by atoms with Crippen LogP contribution in [0.3, 0.4) is 0 Å². The summed E-state index contributed by atoms with van der Waals surface area (Å²) in [7, 11) is 1.48. The summed E-state index contributed by atoms with van der Waals surface area (Å²) >= 11 is 0. The number of hydrogen-bond donors (Lipinski definition) is 1. The van der Waals surface area contributed by atoms with Crippen molar-refractivity contribution in [3.05, 3.63) is 35.4 Å². The van der Waals surface area contributed by atoms with E-state index in [1.807, 2.05) is 31.2 Å². The number of rotatable bonds is 6. The lowest BCUT2D eigenvalue weighted by molar-refractivity contribution is -0.160. The molecule has 0 radical (unpaired) electrons. The van der Waals surface area contributed by atoms with Crippen LogP contribution in [0.4, 0.5) is 0 Å². The lowest BCUT2D eigenvalue weighted by atomic mass is 9.80. The van der Waals surface area contributed by atoms with Crippen molar-refractivity contribution in [2.24, 2.45) is 11.3 Å². The number of nitrogens with zero attached hydrogens (tertiary/aromatic N) is 2. The van der Waals surface area contributed by atoms with Gasteiger partial charge in [0.2, 0.25) is 11.8 Å². The number of ether oxygens (including phenoxy) is 1. The maximum atomic E-state index is 13.0. The molecule has 1 aromatic carbocycles. The van der Waals surface area contributed by atoms with Gasteiger partial charge in [0.15, 0.2) is 0 Å². The molecule has 2 saturated heterocycles. The van der Waals surface area contributed by atoms with Gasteiger partial charge in [-0.1, -0.05) is 29.8 Å². The number of methoxy groups -OCH3 is 1. The predicted octanol–water partition coefficient (Wildman–Crippen LogP) is 1.68. The molecule has 0 bridgehead atoms. The number of hydrogen-bond acceptors (Lipinski definition) is 4. The molecule has 0 saturated carbocycles. The van der Waals surface area contributed by atoms with Crippen LogP contribution in [0.1, 0.15) is 30.4 Å². The summed E-state index contributed by atoms with van der Waals surface area (Å²) in [5.74, 6) is -1.50. The molecule has 2 fully saturated rings. The quantitative estimate of drug-likeness (QED) is 0.801. The molecule has 0 spiro atoms. The third-order valence-electron chi connectivity index (χ3n) is 5.82. The first kappa shape index (κ1) is 20.3. The van der Waals surface area contributed by atoms with Crippen molar-refractivity contribution in [1.82, 2.24) is 9.80 Å². The van der Waals surface area contributed by atoms with Crippen LogP contribution in [0.25, 0.3) is 0 Å². The van der Waals surface area contributed by atoms with E-state index in [2.05, 4.69) is 0 Å². The minimum atomic E-state index is -1.06. The van der Waals surface area contributed by atoms with Gasteiger partial charge in [0.05, 0.1) is 12.5 Å². The van der Waals surface area contributed by atoms with Crippen LogP contribution in [0.2, 0.25) is 0 Å². The van der Waals surface area contributed by atoms with E-state index in [9.17, 15) is 19.5 Å². The molecule has 7 heteroatoms. The smallest absolute Gasteiger partial charge is 0.313 e. The molecule has 1 N–H and O–H groups in total. The van der Waals surface area contributed by atoms with Crippen LogP contribution in [0.15, 0.2) is 24.3 Å². The zero-order chi connectivity index (χ0) is 20.3. The summed E-state index contributed by atoms with van der Waals surface area (Å²) in [4.78, 5) is 40.6.